The van der Waals surface area contributed by atoms with Crippen molar-refractivity contribution < 1.29 is 50.1 Å². The number of aliphatic hydroxyl groups excluding tert-OH is 6. The number of carboxylic acid groups (broad SMARTS) is 1. The van der Waals surface area contributed by atoms with E-state index in [0.717, 1.165) is 141 Å². The van der Waals surface area contributed by atoms with Crippen molar-refractivity contribution in [1.82, 2.24) is 0 Å². The van der Waals surface area contributed by atoms with Crippen molar-refractivity contribution in [2.24, 2.45) is 0 Å². The van der Waals surface area contributed by atoms with Crippen LogP contribution >= 0.6 is 0 Å². The maximum absolute atomic E-state index is 11.4. The molecule has 0 fully saturated rings. The van der Waals surface area contributed by atoms with Crippen LogP contribution in [0, 0.1) is 0 Å². The van der Waals surface area contributed by atoms with E-state index < -0.39 is 18.2 Å². The van der Waals surface area contributed by atoms with Gasteiger partial charge in [-0.2, -0.15) is 0 Å². The predicted molar refractivity (Wildman–Crippen MR) is 210 cm³/mol. The fourth-order valence-electron chi connectivity index (χ4n) is 5.61. The summed E-state index contributed by atoms with van der Waals surface area (Å²) in [6.07, 6.45) is 33.6. The van der Waals surface area contributed by atoms with E-state index in [2.05, 4.69) is 31.2 Å². The van der Waals surface area contributed by atoms with E-state index in [4.69, 9.17) is 25.2 Å². The Morgan fingerprint density at radius 2 is 0.904 bits per heavy atom. The van der Waals surface area contributed by atoms with Gasteiger partial charge in [0.1, 0.15) is 12.7 Å². The van der Waals surface area contributed by atoms with Gasteiger partial charge in [-0.3, -0.25) is 9.59 Å². The second kappa shape index (κ2) is 41.9. The summed E-state index contributed by atoms with van der Waals surface area (Å²) in [5.41, 5.74) is 0. The largest absolute Gasteiger partial charge is 0.481 e. The molecule has 0 saturated heterocycles. The molecule has 0 spiro atoms. The van der Waals surface area contributed by atoms with Crippen molar-refractivity contribution in [3.8, 4) is 0 Å². The van der Waals surface area contributed by atoms with Crippen LogP contribution in [-0.2, 0) is 14.3 Å². The smallest absolute Gasteiger partial charge is 0.305 e. The maximum atomic E-state index is 11.4. The zero-order valence-electron chi connectivity index (χ0n) is 32.9. The second-order valence-corrected chi connectivity index (χ2v) is 14.3. The lowest BCUT2D eigenvalue weighted by atomic mass is 10.0. The Hall–Kier alpha value is -1.82. The molecule has 0 bridgehead atoms. The molecule has 0 aliphatic heterocycles. The maximum Gasteiger partial charge on any atom is 0.305 e. The van der Waals surface area contributed by atoms with Gasteiger partial charge in [0.25, 0.3) is 0 Å². The van der Waals surface area contributed by atoms with Gasteiger partial charge in [0, 0.05) is 12.8 Å². The van der Waals surface area contributed by atoms with Crippen molar-refractivity contribution >= 4 is 11.9 Å². The number of hydrogen-bond acceptors (Lipinski definition) is 9. The summed E-state index contributed by atoms with van der Waals surface area (Å²) in [5, 5.41) is 64.0. The Kier molecular flexibility index (Phi) is 42.2. The number of ether oxygens (including phenoxy) is 1. The molecule has 0 heterocycles. The number of aliphatic hydroxyl groups is 6. The van der Waals surface area contributed by atoms with E-state index in [0.29, 0.717) is 12.8 Å². The van der Waals surface area contributed by atoms with Gasteiger partial charge in [-0.1, -0.05) is 128 Å². The monoisotopic (exact) mass is 745 g/mol. The molecule has 308 valence electrons. The summed E-state index contributed by atoms with van der Waals surface area (Å²) in [5.74, 6) is -1.02. The Labute approximate surface area is 316 Å². The summed E-state index contributed by atoms with van der Waals surface area (Å²) >= 11 is 0. The fraction of sp³-hybridized carbons (Fsp3) is 0.857. The molecule has 10 heteroatoms. The molecule has 0 radical (unpaired) electrons. The molecule has 0 rings (SSSR count). The van der Waals surface area contributed by atoms with Crippen molar-refractivity contribution in [3.63, 3.8) is 0 Å². The van der Waals surface area contributed by atoms with E-state index in [-0.39, 0.29) is 44.4 Å². The van der Waals surface area contributed by atoms with Crippen LogP contribution in [0.3, 0.4) is 0 Å². The zero-order valence-corrected chi connectivity index (χ0v) is 32.9. The fourth-order valence-corrected chi connectivity index (χ4v) is 5.61. The van der Waals surface area contributed by atoms with Crippen LogP contribution in [0.25, 0.3) is 0 Å². The van der Waals surface area contributed by atoms with Gasteiger partial charge in [0.2, 0.25) is 0 Å². The average Bonchev–Trinajstić information content (AvgIpc) is 3.13. The van der Waals surface area contributed by atoms with Crippen LogP contribution in [0.2, 0.25) is 0 Å². The van der Waals surface area contributed by atoms with Crippen LogP contribution < -0.4 is 0 Å². The van der Waals surface area contributed by atoms with Gasteiger partial charge in [-0.15, -0.1) is 0 Å². The number of rotatable bonds is 37. The molecule has 10 nitrogen and oxygen atoms in total. The minimum atomic E-state index is -0.978. The van der Waals surface area contributed by atoms with Crippen LogP contribution in [-0.4, -0.2) is 91.9 Å². The zero-order chi connectivity index (χ0) is 38.9. The van der Waals surface area contributed by atoms with Crippen molar-refractivity contribution in [1.29, 1.82) is 0 Å². The Balaban J connectivity index is 0. The van der Waals surface area contributed by atoms with Gasteiger partial charge in [-0.05, 0) is 70.6 Å². The van der Waals surface area contributed by atoms with Gasteiger partial charge < -0.3 is 40.5 Å². The molecule has 7 N–H and O–H groups in total. The first-order chi connectivity index (χ1) is 25.2. The van der Waals surface area contributed by atoms with Gasteiger partial charge in [0.15, 0.2) is 0 Å². The van der Waals surface area contributed by atoms with Gasteiger partial charge >= 0.3 is 11.9 Å². The highest BCUT2D eigenvalue weighted by Crippen LogP contribution is 2.13. The highest BCUT2D eigenvalue weighted by Gasteiger charge is 2.07. The number of esters is 1. The first kappa shape index (κ1) is 52.3. The van der Waals surface area contributed by atoms with E-state index in [1.165, 1.54) is 19.3 Å². The van der Waals surface area contributed by atoms with Crippen LogP contribution in [0.4, 0.5) is 0 Å². The summed E-state index contributed by atoms with van der Waals surface area (Å²) in [7, 11) is 0. The quantitative estimate of drug-likeness (QED) is 0.0186. The third-order valence-electron chi connectivity index (χ3n) is 8.99. The number of allylic oxidation sites excluding steroid dienone is 2. The molecule has 2 unspecified atom stereocenters. The molecule has 0 aromatic rings. The standard InChI is InChI=1S/2C21H40O5/c1-2-3-4-11-14-19(23)15-12-9-7-5-6-8-10-13-16-21(25)26-18-20(24)17-22;22-18-20(24)16-12-8-5-7-11-15-19(23)14-10-6-3-1-2-4-9-13-17-21(25)26/h9,12,19-20,22-24H,2-8,10-11,13-18H2,1H3;6,10,19-20,22-24H,1-5,7-9,11-18H2,(H,25,26)/t2*19-,20?/m10/s1. The van der Waals surface area contributed by atoms with Gasteiger partial charge in [0.05, 0.1) is 31.5 Å². The van der Waals surface area contributed by atoms with Crippen LogP contribution in [0.5, 0.6) is 0 Å². The number of hydrogen-bond donors (Lipinski definition) is 7. The summed E-state index contributed by atoms with van der Waals surface area (Å²) in [4.78, 5) is 21.8. The van der Waals surface area contributed by atoms with E-state index in [1.807, 2.05) is 0 Å². The molecular weight excluding hydrogens is 664 g/mol. The van der Waals surface area contributed by atoms with Crippen molar-refractivity contribution in [2.45, 2.75) is 211 Å². The number of unbranched alkanes of at least 4 members (excludes halogenated alkanes) is 17. The van der Waals surface area contributed by atoms with Crippen LogP contribution in [0.1, 0.15) is 187 Å². The SMILES string of the molecule is CCCCCC[C@@H](O)CC=CCCCCCCCC(=O)OCC(O)CO.O=C(O)CCCCCCCC=CC[C@H](O)CCCCCCCC(O)CO. The first-order valence-corrected chi connectivity index (χ1v) is 20.8. The molecule has 0 aliphatic rings. The minimum Gasteiger partial charge on any atom is -0.481 e. The van der Waals surface area contributed by atoms with Crippen molar-refractivity contribution in [2.75, 3.05) is 19.8 Å². The minimum absolute atomic E-state index is 0.130. The highest BCUT2D eigenvalue weighted by molar-refractivity contribution is 5.69. The van der Waals surface area contributed by atoms with Crippen molar-refractivity contribution in [3.05, 3.63) is 24.3 Å². The number of aliphatic carboxylic acids is 1. The third-order valence-corrected chi connectivity index (χ3v) is 8.99. The molecular formula is C42H80O10. The molecule has 0 aromatic carbocycles. The van der Waals surface area contributed by atoms with E-state index >= 15 is 0 Å². The Bertz CT molecular complexity index is 819. The molecule has 4 atom stereocenters. The number of carboxylic acids is 1. The molecule has 52 heavy (non-hydrogen) atoms. The Morgan fingerprint density at radius 3 is 1.37 bits per heavy atom. The predicted octanol–water partition coefficient (Wildman–Crippen LogP) is 8.08. The van der Waals surface area contributed by atoms with E-state index in [9.17, 15) is 24.9 Å². The molecule has 0 saturated carbocycles. The lowest BCUT2D eigenvalue weighted by Gasteiger charge is -2.08. The second-order valence-electron chi connectivity index (χ2n) is 14.3. The summed E-state index contributed by atoms with van der Waals surface area (Å²) < 4.78 is 4.84. The Morgan fingerprint density at radius 1 is 0.500 bits per heavy atom. The first-order valence-electron chi connectivity index (χ1n) is 20.8. The molecule has 0 aromatic heterocycles. The molecule has 0 aliphatic carbocycles. The number of carbonyl (C=O) groups excluding carboxylic acids is 1. The highest BCUT2D eigenvalue weighted by atomic mass is 16.5. The molecule has 0 amide bonds. The summed E-state index contributed by atoms with van der Waals surface area (Å²) in [6, 6.07) is 0. The lowest BCUT2D eigenvalue weighted by Crippen LogP contribution is -2.21. The van der Waals surface area contributed by atoms with Gasteiger partial charge in [-0.25, -0.2) is 0 Å². The van der Waals surface area contributed by atoms with E-state index in [1.54, 1.807) is 0 Å². The summed E-state index contributed by atoms with van der Waals surface area (Å²) in [6.45, 7) is 1.53. The lowest BCUT2D eigenvalue weighted by molar-refractivity contribution is -0.147. The topological polar surface area (TPSA) is 185 Å². The van der Waals surface area contributed by atoms with Crippen LogP contribution in [0.15, 0.2) is 24.3 Å². The number of carbonyl (C=O) groups is 2. The normalized spacial score (nSPS) is 13.9. The average molecular weight is 745 g/mol. The third kappa shape index (κ3) is 44.3.